The first-order valence-electron chi connectivity index (χ1n) is 10.4. The minimum absolute atomic E-state index is 0.112. The van der Waals surface area contributed by atoms with E-state index in [4.69, 9.17) is 15.9 Å². The van der Waals surface area contributed by atoms with E-state index in [0.29, 0.717) is 5.56 Å². The number of carboxylic acid groups (broad SMARTS) is 3. The van der Waals surface area contributed by atoms with Gasteiger partial charge in [0, 0.05) is 12.8 Å². The highest BCUT2D eigenvalue weighted by Crippen LogP contribution is 2.05. The lowest BCUT2D eigenvalue weighted by atomic mass is 10.0. The average Bonchev–Trinajstić information content (AvgIpc) is 2.79. The van der Waals surface area contributed by atoms with Crippen LogP contribution in [0.5, 0.6) is 0 Å². The van der Waals surface area contributed by atoms with Crippen LogP contribution in [0.3, 0.4) is 0 Å². The number of carboxylic acids is 3. The van der Waals surface area contributed by atoms with Gasteiger partial charge in [0.15, 0.2) is 0 Å². The van der Waals surface area contributed by atoms with E-state index >= 15 is 0 Å². The first-order chi connectivity index (χ1) is 16.4. The Morgan fingerprint density at radius 3 is 1.83 bits per heavy atom. The summed E-state index contributed by atoms with van der Waals surface area (Å²) in [4.78, 5) is 70.6. The molecule has 0 bridgehead atoms. The van der Waals surface area contributed by atoms with E-state index in [1.54, 1.807) is 30.3 Å². The van der Waals surface area contributed by atoms with Gasteiger partial charge in [-0.3, -0.25) is 24.0 Å². The number of carbonyl (C=O) groups excluding carboxylic acids is 3. The fraction of sp³-hybridized carbons (Fsp3) is 0.429. The van der Waals surface area contributed by atoms with Crippen LogP contribution in [0.2, 0.25) is 0 Å². The van der Waals surface area contributed by atoms with E-state index in [1.807, 2.05) is 0 Å². The van der Waals surface area contributed by atoms with Crippen molar-refractivity contribution in [3.8, 4) is 0 Å². The van der Waals surface area contributed by atoms with E-state index in [1.165, 1.54) is 0 Å². The molecule has 0 saturated carbocycles. The van der Waals surface area contributed by atoms with Crippen LogP contribution in [0, 0.1) is 0 Å². The number of hydrogen-bond donors (Lipinski definition) is 8. The topological polar surface area (TPSA) is 245 Å². The summed E-state index contributed by atoms with van der Waals surface area (Å²) in [7, 11) is 0. The molecule has 9 N–H and O–H groups in total. The number of aliphatic hydroxyl groups excluding tert-OH is 1. The summed E-state index contributed by atoms with van der Waals surface area (Å²) in [5.41, 5.74) is 6.13. The molecule has 4 unspecified atom stereocenters. The number of nitrogens with two attached hydrogens (primary N) is 1. The molecule has 192 valence electrons. The highest BCUT2D eigenvalue weighted by Gasteiger charge is 2.31. The van der Waals surface area contributed by atoms with Gasteiger partial charge in [0.1, 0.15) is 18.1 Å². The van der Waals surface area contributed by atoms with Gasteiger partial charge in [-0.05, 0) is 12.0 Å². The number of amides is 3. The Balaban J connectivity index is 2.88. The Hall–Kier alpha value is -4.04. The predicted octanol–water partition coefficient (Wildman–Crippen LogP) is -2.57. The summed E-state index contributed by atoms with van der Waals surface area (Å²) >= 11 is 0. The molecule has 1 aromatic carbocycles. The van der Waals surface area contributed by atoms with Gasteiger partial charge in [0.25, 0.3) is 0 Å². The molecule has 0 spiro atoms. The molecule has 14 nitrogen and oxygen atoms in total. The summed E-state index contributed by atoms with van der Waals surface area (Å²) in [5.74, 6) is -7.26. The smallest absolute Gasteiger partial charge is 0.326 e. The number of benzene rings is 1. The summed E-state index contributed by atoms with van der Waals surface area (Å²) in [6.45, 7) is -0.948. The first kappa shape index (κ1) is 29.0. The lowest BCUT2D eigenvalue weighted by Gasteiger charge is -2.23. The van der Waals surface area contributed by atoms with Gasteiger partial charge in [0.2, 0.25) is 17.7 Å². The molecule has 0 aliphatic heterocycles. The molecule has 3 amide bonds. The maximum absolute atomic E-state index is 12.6. The maximum Gasteiger partial charge on any atom is 0.326 e. The van der Waals surface area contributed by atoms with Crippen molar-refractivity contribution in [2.75, 3.05) is 6.61 Å². The standard InChI is InChI=1S/C21H28N4O10/c22-12(6-7-16(27)28)18(31)25-15(10-26)20(33)23-13(9-17(29)30)19(32)24-14(21(34)35)8-11-4-2-1-3-5-11/h1-5,12-15,26H,6-10,22H2,(H,23,33)(H,24,32)(H,25,31)(H,27,28)(H,29,30)(H,34,35). The quantitative estimate of drug-likeness (QED) is 0.125. The summed E-state index contributed by atoms with van der Waals surface area (Å²) in [6.07, 6.45) is -1.69. The molecule has 14 heteroatoms. The third kappa shape index (κ3) is 10.6. The van der Waals surface area contributed by atoms with Gasteiger partial charge in [0.05, 0.1) is 19.1 Å². The van der Waals surface area contributed by atoms with Crippen molar-refractivity contribution in [1.82, 2.24) is 16.0 Å². The number of aliphatic hydroxyl groups is 1. The lowest BCUT2D eigenvalue weighted by Crippen LogP contribution is -2.58. The fourth-order valence-electron chi connectivity index (χ4n) is 2.86. The van der Waals surface area contributed by atoms with Gasteiger partial charge in [-0.15, -0.1) is 0 Å². The third-order valence-electron chi connectivity index (χ3n) is 4.73. The second kappa shape index (κ2) is 14.3. The highest BCUT2D eigenvalue weighted by atomic mass is 16.4. The molecule has 0 saturated heterocycles. The van der Waals surface area contributed by atoms with Crippen LogP contribution < -0.4 is 21.7 Å². The van der Waals surface area contributed by atoms with Crippen LogP contribution in [-0.4, -0.2) is 86.8 Å². The largest absolute Gasteiger partial charge is 0.481 e. The minimum atomic E-state index is -1.73. The fourth-order valence-corrected chi connectivity index (χ4v) is 2.86. The molecule has 0 aromatic heterocycles. The van der Waals surface area contributed by atoms with E-state index in [9.17, 15) is 39.0 Å². The summed E-state index contributed by atoms with van der Waals surface area (Å²) < 4.78 is 0. The lowest BCUT2D eigenvalue weighted by molar-refractivity contribution is -0.144. The number of rotatable bonds is 15. The number of aliphatic carboxylic acids is 3. The molecule has 35 heavy (non-hydrogen) atoms. The van der Waals surface area contributed by atoms with Gasteiger partial charge >= 0.3 is 17.9 Å². The van der Waals surface area contributed by atoms with Crippen molar-refractivity contribution >= 4 is 35.6 Å². The van der Waals surface area contributed by atoms with Gasteiger partial charge in [-0.25, -0.2) is 4.79 Å². The van der Waals surface area contributed by atoms with Crippen LogP contribution in [0.25, 0.3) is 0 Å². The molecule has 0 aliphatic rings. The Labute approximate surface area is 199 Å². The molecule has 1 aromatic rings. The van der Waals surface area contributed by atoms with E-state index < -0.39 is 79.2 Å². The maximum atomic E-state index is 12.6. The van der Waals surface area contributed by atoms with Crippen molar-refractivity contribution in [1.29, 1.82) is 0 Å². The third-order valence-corrected chi connectivity index (χ3v) is 4.73. The van der Waals surface area contributed by atoms with Crippen molar-refractivity contribution < 1.29 is 49.2 Å². The minimum Gasteiger partial charge on any atom is -0.481 e. The predicted molar refractivity (Wildman–Crippen MR) is 118 cm³/mol. The second-order valence-corrected chi connectivity index (χ2v) is 7.53. The van der Waals surface area contributed by atoms with Crippen LogP contribution >= 0.6 is 0 Å². The number of hydrogen-bond acceptors (Lipinski definition) is 8. The Kier molecular flexibility index (Phi) is 11.8. The Morgan fingerprint density at radius 2 is 1.31 bits per heavy atom. The molecular weight excluding hydrogens is 468 g/mol. The van der Waals surface area contributed by atoms with Crippen molar-refractivity contribution in [3.05, 3.63) is 35.9 Å². The monoisotopic (exact) mass is 496 g/mol. The summed E-state index contributed by atoms with van der Waals surface area (Å²) in [6, 6.07) is 2.21. The normalized spacial score (nSPS) is 14.0. The Bertz CT molecular complexity index is 924. The van der Waals surface area contributed by atoms with Crippen LogP contribution in [0.1, 0.15) is 24.8 Å². The summed E-state index contributed by atoms with van der Waals surface area (Å²) in [5, 5.41) is 43.0. The van der Waals surface area contributed by atoms with Gasteiger partial charge in [-0.2, -0.15) is 0 Å². The highest BCUT2D eigenvalue weighted by molar-refractivity contribution is 5.95. The average molecular weight is 496 g/mol. The SMILES string of the molecule is NC(CCC(=O)O)C(=O)NC(CO)C(=O)NC(CC(=O)O)C(=O)NC(Cc1ccccc1)C(=O)O. The molecule has 4 atom stereocenters. The number of nitrogens with one attached hydrogen (secondary N) is 3. The van der Waals surface area contributed by atoms with E-state index in [2.05, 4.69) is 16.0 Å². The van der Waals surface area contributed by atoms with Crippen molar-refractivity contribution in [3.63, 3.8) is 0 Å². The molecule has 0 aliphatic carbocycles. The number of carbonyl (C=O) groups is 6. The molecule has 1 rings (SSSR count). The van der Waals surface area contributed by atoms with Crippen molar-refractivity contribution in [2.45, 2.75) is 49.9 Å². The first-order valence-corrected chi connectivity index (χ1v) is 10.4. The molecule has 0 heterocycles. The van der Waals surface area contributed by atoms with E-state index in [0.717, 1.165) is 0 Å². The second-order valence-electron chi connectivity index (χ2n) is 7.53. The van der Waals surface area contributed by atoms with Crippen LogP contribution in [-0.2, 0) is 35.2 Å². The zero-order valence-electron chi connectivity index (χ0n) is 18.5. The van der Waals surface area contributed by atoms with Crippen LogP contribution in [0.4, 0.5) is 0 Å². The van der Waals surface area contributed by atoms with Crippen LogP contribution in [0.15, 0.2) is 30.3 Å². The van der Waals surface area contributed by atoms with Gasteiger partial charge < -0.3 is 42.1 Å². The zero-order chi connectivity index (χ0) is 26.5. The zero-order valence-corrected chi connectivity index (χ0v) is 18.5. The molecule has 0 fully saturated rings. The molecule has 0 radical (unpaired) electrons. The van der Waals surface area contributed by atoms with E-state index in [-0.39, 0.29) is 12.8 Å². The molecular formula is C21H28N4O10. The Morgan fingerprint density at radius 1 is 0.771 bits per heavy atom. The van der Waals surface area contributed by atoms with Crippen molar-refractivity contribution in [2.24, 2.45) is 5.73 Å². The van der Waals surface area contributed by atoms with Gasteiger partial charge in [-0.1, -0.05) is 30.3 Å².